The molecule has 0 radical (unpaired) electrons. The SMILES string of the molecule is CN=C(NCCCOCC(F)(F)F)NCC(C(C)C)N1CCOCC1.I. The van der Waals surface area contributed by atoms with Gasteiger partial charge in [0.15, 0.2) is 5.96 Å². The second-order valence-corrected chi connectivity index (χ2v) is 6.36. The molecule has 1 atom stereocenters. The highest BCUT2D eigenvalue weighted by Gasteiger charge is 2.27. The lowest BCUT2D eigenvalue weighted by atomic mass is 10.0. The molecule has 0 amide bonds. The van der Waals surface area contributed by atoms with E-state index in [0.717, 1.165) is 32.8 Å². The number of hydrogen-bond donors (Lipinski definition) is 2. The van der Waals surface area contributed by atoms with Gasteiger partial charge < -0.3 is 20.1 Å². The van der Waals surface area contributed by atoms with Crippen molar-refractivity contribution in [2.75, 3.05) is 59.7 Å². The summed E-state index contributed by atoms with van der Waals surface area (Å²) in [5.74, 6) is 1.13. The third kappa shape index (κ3) is 11.4. The number of nitrogens with zero attached hydrogens (tertiary/aromatic N) is 2. The van der Waals surface area contributed by atoms with E-state index in [2.05, 4.69) is 39.1 Å². The lowest BCUT2D eigenvalue weighted by molar-refractivity contribution is -0.173. The van der Waals surface area contributed by atoms with E-state index in [0.29, 0.717) is 30.9 Å². The molecule has 2 N–H and O–H groups in total. The summed E-state index contributed by atoms with van der Waals surface area (Å²) in [7, 11) is 1.68. The van der Waals surface area contributed by atoms with Crippen LogP contribution in [0, 0.1) is 5.92 Å². The number of hydrogen-bond acceptors (Lipinski definition) is 4. The molecule has 1 aliphatic heterocycles. The number of alkyl halides is 3. The maximum Gasteiger partial charge on any atom is 0.411 e. The van der Waals surface area contributed by atoms with E-state index in [1.54, 1.807) is 7.05 Å². The highest BCUT2D eigenvalue weighted by Crippen LogP contribution is 2.14. The van der Waals surface area contributed by atoms with Gasteiger partial charge in [-0.1, -0.05) is 13.8 Å². The van der Waals surface area contributed by atoms with Gasteiger partial charge in [0, 0.05) is 45.9 Å². The van der Waals surface area contributed by atoms with Crippen LogP contribution in [0.2, 0.25) is 0 Å². The molecular weight excluding hydrogens is 464 g/mol. The van der Waals surface area contributed by atoms with Gasteiger partial charge in [0.25, 0.3) is 0 Å². The van der Waals surface area contributed by atoms with E-state index >= 15 is 0 Å². The van der Waals surface area contributed by atoms with Crippen molar-refractivity contribution >= 4 is 29.9 Å². The maximum absolute atomic E-state index is 12.0. The van der Waals surface area contributed by atoms with Crippen LogP contribution in [0.15, 0.2) is 4.99 Å². The molecule has 1 aliphatic rings. The summed E-state index contributed by atoms with van der Waals surface area (Å²) in [5.41, 5.74) is 0. The molecule has 1 heterocycles. The summed E-state index contributed by atoms with van der Waals surface area (Å²) in [6.07, 6.45) is -3.79. The molecule has 0 aliphatic carbocycles. The topological polar surface area (TPSA) is 58.1 Å². The first-order valence-electron chi connectivity index (χ1n) is 8.74. The summed E-state index contributed by atoms with van der Waals surface area (Å²) in [6, 6.07) is 0.373. The quantitative estimate of drug-likeness (QED) is 0.222. The summed E-state index contributed by atoms with van der Waals surface area (Å²) in [6.45, 7) is 7.86. The minimum atomic E-state index is -4.27. The number of aliphatic imine (C=N–C) groups is 1. The van der Waals surface area contributed by atoms with Crippen LogP contribution in [0.5, 0.6) is 0 Å². The molecule has 10 heteroatoms. The maximum atomic E-state index is 12.0. The number of guanidine groups is 1. The first-order valence-corrected chi connectivity index (χ1v) is 8.74. The highest BCUT2D eigenvalue weighted by atomic mass is 127. The van der Waals surface area contributed by atoms with Crippen molar-refractivity contribution in [1.82, 2.24) is 15.5 Å². The second-order valence-electron chi connectivity index (χ2n) is 6.36. The minimum Gasteiger partial charge on any atom is -0.379 e. The average Bonchev–Trinajstić information content (AvgIpc) is 2.56. The van der Waals surface area contributed by atoms with Gasteiger partial charge >= 0.3 is 6.18 Å². The zero-order valence-electron chi connectivity index (χ0n) is 15.8. The lowest BCUT2D eigenvalue weighted by Gasteiger charge is -2.37. The first kappa shape index (κ1) is 25.7. The number of halogens is 4. The van der Waals surface area contributed by atoms with Crippen molar-refractivity contribution in [3.05, 3.63) is 0 Å². The molecule has 0 spiro atoms. The lowest BCUT2D eigenvalue weighted by Crippen LogP contribution is -2.52. The van der Waals surface area contributed by atoms with Gasteiger partial charge in [-0.2, -0.15) is 13.2 Å². The van der Waals surface area contributed by atoms with Crippen LogP contribution >= 0.6 is 24.0 Å². The Labute approximate surface area is 171 Å². The fraction of sp³-hybridized carbons (Fsp3) is 0.938. The van der Waals surface area contributed by atoms with Crippen LogP contribution in [-0.2, 0) is 9.47 Å². The standard InChI is InChI=1S/C16H31F3N4O2.HI/c1-13(2)14(23-6-9-24-10-7-23)11-22-15(20-3)21-5-4-8-25-12-16(17,18)19;/h13-14H,4-12H2,1-3H3,(H2,20,21,22);1H. The monoisotopic (exact) mass is 496 g/mol. The Morgan fingerprint density at radius 2 is 1.88 bits per heavy atom. The van der Waals surface area contributed by atoms with E-state index in [4.69, 9.17) is 4.74 Å². The molecule has 0 aromatic carbocycles. The van der Waals surface area contributed by atoms with Gasteiger partial charge in [-0.05, 0) is 12.3 Å². The molecule has 1 rings (SSSR count). The fourth-order valence-electron chi connectivity index (χ4n) is 2.69. The zero-order valence-corrected chi connectivity index (χ0v) is 18.1. The van der Waals surface area contributed by atoms with Gasteiger partial charge in [-0.15, -0.1) is 24.0 Å². The summed E-state index contributed by atoms with van der Waals surface area (Å²) >= 11 is 0. The van der Waals surface area contributed by atoms with Crippen molar-refractivity contribution in [2.24, 2.45) is 10.9 Å². The van der Waals surface area contributed by atoms with Crippen LogP contribution in [0.3, 0.4) is 0 Å². The molecule has 1 saturated heterocycles. The Bertz CT molecular complexity index is 392. The average molecular weight is 496 g/mol. The molecule has 156 valence electrons. The smallest absolute Gasteiger partial charge is 0.379 e. The van der Waals surface area contributed by atoms with Crippen molar-refractivity contribution in [1.29, 1.82) is 0 Å². The Balaban J connectivity index is 0.00000625. The number of ether oxygens (including phenoxy) is 2. The third-order valence-electron chi connectivity index (χ3n) is 4.01. The normalized spacial score (nSPS) is 17.7. The van der Waals surface area contributed by atoms with Gasteiger partial charge in [-0.25, -0.2) is 0 Å². The number of rotatable bonds is 9. The fourth-order valence-corrected chi connectivity index (χ4v) is 2.69. The molecule has 0 aromatic rings. The van der Waals surface area contributed by atoms with Crippen LogP contribution in [0.4, 0.5) is 13.2 Å². The Morgan fingerprint density at radius 3 is 2.42 bits per heavy atom. The van der Waals surface area contributed by atoms with Gasteiger partial charge in [0.1, 0.15) is 6.61 Å². The Kier molecular flexibility index (Phi) is 13.6. The van der Waals surface area contributed by atoms with Gasteiger partial charge in [-0.3, -0.25) is 9.89 Å². The van der Waals surface area contributed by atoms with E-state index in [-0.39, 0.29) is 30.6 Å². The minimum absolute atomic E-state index is 0. The number of morpholine rings is 1. The molecule has 0 bridgehead atoms. The molecule has 0 saturated carbocycles. The molecular formula is C16H32F3IN4O2. The van der Waals surface area contributed by atoms with Crippen LogP contribution in [0.25, 0.3) is 0 Å². The van der Waals surface area contributed by atoms with Gasteiger partial charge in [0.05, 0.1) is 13.2 Å². The molecule has 1 unspecified atom stereocenters. The van der Waals surface area contributed by atoms with Crippen molar-refractivity contribution in [3.8, 4) is 0 Å². The van der Waals surface area contributed by atoms with E-state index in [1.165, 1.54) is 0 Å². The Hall–Kier alpha value is -0.330. The summed E-state index contributed by atoms with van der Waals surface area (Å²) in [4.78, 5) is 6.57. The third-order valence-corrected chi connectivity index (χ3v) is 4.01. The zero-order chi connectivity index (χ0) is 18.7. The highest BCUT2D eigenvalue weighted by molar-refractivity contribution is 14.0. The second kappa shape index (κ2) is 13.8. The van der Waals surface area contributed by atoms with Crippen molar-refractivity contribution in [3.63, 3.8) is 0 Å². The molecule has 1 fully saturated rings. The van der Waals surface area contributed by atoms with Crippen LogP contribution < -0.4 is 10.6 Å². The number of nitrogens with one attached hydrogen (secondary N) is 2. The molecule has 26 heavy (non-hydrogen) atoms. The largest absolute Gasteiger partial charge is 0.411 e. The predicted octanol–water partition coefficient (Wildman–Crippen LogP) is 2.10. The summed E-state index contributed by atoms with van der Waals surface area (Å²) < 4.78 is 45.9. The van der Waals surface area contributed by atoms with E-state index < -0.39 is 12.8 Å². The predicted molar refractivity (Wildman–Crippen MR) is 107 cm³/mol. The van der Waals surface area contributed by atoms with E-state index in [9.17, 15) is 13.2 Å². The summed E-state index contributed by atoms with van der Waals surface area (Å²) in [5, 5.41) is 6.40. The Morgan fingerprint density at radius 1 is 1.23 bits per heavy atom. The van der Waals surface area contributed by atoms with E-state index in [1.807, 2.05) is 0 Å². The molecule has 0 aromatic heterocycles. The van der Waals surface area contributed by atoms with Crippen molar-refractivity contribution < 1.29 is 22.6 Å². The van der Waals surface area contributed by atoms with Crippen LogP contribution in [0.1, 0.15) is 20.3 Å². The molecule has 6 nitrogen and oxygen atoms in total. The van der Waals surface area contributed by atoms with Crippen LogP contribution in [-0.4, -0.2) is 82.7 Å². The first-order chi connectivity index (χ1) is 11.8. The van der Waals surface area contributed by atoms with Gasteiger partial charge in [0.2, 0.25) is 0 Å². The van der Waals surface area contributed by atoms with Crippen molar-refractivity contribution in [2.45, 2.75) is 32.5 Å².